The Balaban J connectivity index is 0. The van der Waals surface area contributed by atoms with Gasteiger partial charge in [0.25, 0.3) is 0 Å². The van der Waals surface area contributed by atoms with Crippen LogP contribution in [0.5, 0.6) is 11.5 Å². The number of phenolic OH excluding ortho intramolecular Hbond substituents is 2. The molecule has 0 amide bonds. The first-order valence-corrected chi connectivity index (χ1v) is 13.4. The van der Waals surface area contributed by atoms with Gasteiger partial charge in [0, 0.05) is 0 Å². The van der Waals surface area contributed by atoms with Crippen LogP contribution in [-0.4, -0.2) is 14.5 Å². The molecule has 0 atom stereocenters. The Morgan fingerprint density at radius 2 is 1.03 bits per heavy atom. The van der Waals surface area contributed by atoms with Crippen LogP contribution in [0.15, 0.2) is 36.4 Å². The summed E-state index contributed by atoms with van der Waals surface area (Å²) in [7, 11) is 0. The van der Waals surface area contributed by atoms with E-state index in [-0.39, 0.29) is 35.6 Å². The van der Waals surface area contributed by atoms with Gasteiger partial charge < -0.3 is 10.2 Å². The maximum absolute atomic E-state index is 9.57. The smallest absolute Gasteiger partial charge is 0.147 e. The van der Waals surface area contributed by atoms with Gasteiger partial charge in [0.1, 0.15) is 11.5 Å². The van der Waals surface area contributed by atoms with Crippen molar-refractivity contribution in [3.05, 3.63) is 79.5 Å². The first kappa shape index (κ1) is 37.1. The SMILES string of the molecule is Cc1ccc(O)c(C(C)(C)C)c1.Cc1ccc(O)c(C(C)(C)C)c1.Cc1sc([CH]=[Ti])c(C)c1C.Cl.Cl. The molecule has 36 heavy (non-hydrogen) atoms. The molecule has 0 spiro atoms. The van der Waals surface area contributed by atoms with Crippen molar-refractivity contribution >= 4 is 40.5 Å². The molecule has 2 N–H and O–H groups in total. The van der Waals surface area contributed by atoms with Crippen molar-refractivity contribution in [1.29, 1.82) is 0 Å². The van der Waals surface area contributed by atoms with Crippen molar-refractivity contribution in [3.8, 4) is 11.5 Å². The van der Waals surface area contributed by atoms with Gasteiger partial charge in [-0.15, -0.1) is 24.8 Å². The van der Waals surface area contributed by atoms with Gasteiger partial charge in [0.2, 0.25) is 0 Å². The number of benzene rings is 2. The molecule has 2 aromatic carbocycles. The normalized spacial score (nSPS) is 10.5. The monoisotopic (exact) mass is 586 g/mol. The second kappa shape index (κ2) is 15.3. The van der Waals surface area contributed by atoms with Crippen molar-refractivity contribution in [1.82, 2.24) is 0 Å². The van der Waals surface area contributed by atoms with Crippen LogP contribution in [0.4, 0.5) is 0 Å². The van der Waals surface area contributed by atoms with Crippen LogP contribution < -0.4 is 0 Å². The zero-order valence-electron chi connectivity index (χ0n) is 23.7. The zero-order valence-corrected chi connectivity index (χ0v) is 27.7. The Bertz CT molecular complexity index is 1060. The molecule has 1 aromatic heterocycles. The summed E-state index contributed by atoms with van der Waals surface area (Å²) >= 11 is 3.98. The van der Waals surface area contributed by atoms with Gasteiger partial charge in [-0.3, -0.25) is 0 Å². The fraction of sp³-hybridized carbons (Fsp3) is 0.433. The van der Waals surface area contributed by atoms with E-state index in [1.165, 1.54) is 32.0 Å². The van der Waals surface area contributed by atoms with Gasteiger partial charge in [0.15, 0.2) is 0 Å². The maximum atomic E-state index is 9.57. The molecule has 0 aliphatic carbocycles. The minimum Gasteiger partial charge on any atom is -0.147 e. The molecular weight excluding hydrogens is 543 g/mol. The van der Waals surface area contributed by atoms with Crippen LogP contribution in [0.1, 0.15) is 84.7 Å². The van der Waals surface area contributed by atoms with Crippen molar-refractivity contribution in [2.75, 3.05) is 0 Å². The summed E-state index contributed by atoms with van der Waals surface area (Å²) in [4.78, 5) is 2.88. The predicted octanol–water partition coefficient (Wildman–Crippen LogP) is 9.21. The first-order valence-electron chi connectivity index (χ1n) is 11.7. The van der Waals surface area contributed by atoms with E-state index >= 15 is 0 Å². The van der Waals surface area contributed by atoms with Crippen molar-refractivity contribution < 1.29 is 30.2 Å². The van der Waals surface area contributed by atoms with Crippen LogP contribution in [0, 0.1) is 34.6 Å². The average molecular weight is 588 g/mol. The van der Waals surface area contributed by atoms with Gasteiger partial charge in [0.05, 0.1) is 0 Å². The molecule has 200 valence electrons. The molecule has 2 nitrogen and oxygen atoms in total. The van der Waals surface area contributed by atoms with Gasteiger partial charge in [-0.05, 0) is 47.9 Å². The molecule has 0 aliphatic rings. The Morgan fingerprint density at radius 3 is 1.22 bits per heavy atom. The van der Waals surface area contributed by atoms with E-state index in [0.717, 1.165) is 11.1 Å². The summed E-state index contributed by atoms with van der Waals surface area (Å²) < 4.78 is 2.18. The van der Waals surface area contributed by atoms with Crippen LogP contribution >= 0.6 is 36.2 Å². The van der Waals surface area contributed by atoms with E-state index in [4.69, 9.17) is 0 Å². The second-order valence-corrected chi connectivity index (χ2v) is 12.7. The number of hydrogen-bond acceptors (Lipinski definition) is 3. The third-order valence-corrected chi connectivity index (χ3v) is 7.81. The van der Waals surface area contributed by atoms with Crippen molar-refractivity contribution in [3.63, 3.8) is 0 Å². The van der Waals surface area contributed by atoms with E-state index in [1.54, 1.807) is 12.1 Å². The summed E-state index contributed by atoms with van der Waals surface area (Å²) in [5.41, 5.74) is 7.37. The molecule has 0 saturated heterocycles. The minimum absolute atomic E-state index is 0. The molecule has 6 heteroatoms. The summed E-state index contributed by atoms with van der Waals surface area (Å²) in [6.07, 6.45) is 0. The van der Waals surface area contributed by atoms with Crippen molar-refractivity contribution in [2.24, 2.45) is 0 Å². The quantitative estimate of drug-likeness (QED) is 0.279. The molecule has 0 radical (unpaired) electrons. The molecule has 0 saturated carbocycles. The van der Waals surface area contributed by atoms with E-state index in [9.17, 15) is 10.2 Å². The third kappa shape index (κ3) is 11.1. The first-order chi connectivity index (χ1) is 15.5. The van der Waals surface area contributed by atoms with E-state index in [2.05, 4.69) is 86.6 Å². The summed E-state index contributed by atoms with van der Waals surface area (Å²) in [5, 5.41) is 19.1. The van der Waals surface area contributed by atoms with Crippen molar-refractivity contribution in [2.45, 2.75) is 87.0 Å². The topological polar surface area (TPSA) is 40.5 Å². The Hall–Kier alpha value is -1.10. The van der Waals surface area contributed by atoms with Crippen LogP contribution in [-0.2, 0) is 30.8 Å². The van der Waals surface area contributed by atoms with Gasteiger partial charge >= 0.3 is 77.3 Å². The van der Waals surface area contributed by atoms with Crippen LogP contribution in [0.25, 0.3) is 0 Å². The largest absolute Gasteiger partial charge is 0.147 e. The fourth-order valence-electron chi connectivity index (χ4n) is 3.41. The number of thiophene rings is 1. The average Bonchev–Trinajstić information content (AvgIpc) is 2.97. The number of rotatable bonds is 1. The number of halogens is 2. The Morgan fingerprint density at radius 1 is 0.667 bits per heavy atom. The van der Waals surface area contributed by atoms with E-state index in [1.807, 2.05) is 49.4 Å². The third-order valence-electron chi connectivity index (χ3n) is 5.77. The van der Waals surface area contributed by atoms with E-state index < -0.39 is 0 Å². The van der Waals surface area contributed by atoms with Crippen LogP contribution in [0.3, 0.4) is 0 Å². The van der Waals surface area contributed by atoms with Gasteiger partial charge in [-0.2, -0.15) is 0 Å². The molecule has 0 aliphatic heterocycles. The second-order valence-electron chi connectivity index (χ2n) is 11.0. The molecule has 3 rings (SSSR count). The standard InChI is InChI=1S/2C11H16O.C8H10S.2ClH.Ti/c2*1-8-5-6-10(12)9(7-8)11(2,3)4;1-5-6(2)8(4)9-7(5)3;;;/h2*5-7,12H,1-4H3;3H,1-2,4H3;2*1H;. The molecule has 0 fully saturated rings. The Labute approximate surface area is 247 Å². The summed E-state index contributed by atoms with van der Waals surface area (Å²) in [6.45, 7) is 23.2. The number of aryl methyl sites for hydroxylation is 3. The maximum Gasteiger partial charge on any atom is -0.147 e. The predicted molar refractivity (Wildman–Crippen MR) is 161 cm³/mol. The molecular formula is C30H44Cl2O2STi. The molecule has 3 aromatic rings. The molecule has 0 bridgehead atoms. The number of aromatic hydroxyl groups is 2. The summed E-state index contributed by atoms with van der Waals surface area (Å²) in [6, 6.07) is 11.4. The number of hydrogen-bond donors (Lipinski definition) is 2. The Kier molecular flexibility index (Phi) is 15.8. The van der Waals surface area contributed by atoms with E-state index in [0.29, 0.717) is 11.5 Å². The van der Waals surface area contributed by atoms with Gasteiger partial charge in [-0.1, -0.05) is 76.9 Å². The molecule has 0 unspecified atom stereocenters. The fourth-order valence-corrected chi connectivity index (χ4v) is 5.02. The number of phenols is 2. The van der Waals surface area contributed by atoms with Gasteiger partial charge in [-0.25, -0.2) is 0 Å². The zero-order chi connectivity index (χ0) is 26.4. The summed E-state index contributed by atoms with van der Waals surface area (Å²) in [5.74, 6) is 0.793. The minimum atomic E-state index is 0. The molecule has 1 heterocycles. The van der Waals surface area contributed by atoms with Crippen LogP contribution in [0.2, 0.25) is 0 Å².